The molecule has 1 aromatic rings. The van der Waals surface area contributed by atoms with E-state index >= 15 is 0 Å². The van der Waals surface area contributed by atoms with Crippen molar-refractivity contribution in [3.63, 3.8) is 0 Å². The molecule has 140 valence electrons. The van der Waals surface area contributed by atoms with Crippen molar-refractivity contribution in [1.82, 2.24) is 5.32 Å². The van der Waals surface area contributed by atoms with Gasteiger partial charge < -0.3 is 10.4 Å². The number of phenolic OH excluding ortho intramolecular Hbond substituents is 1. The molecule has 0 aromatic heterocycles. The molecule has 1 aliphatic rings. The van der Waals surface area contributed by atoms with Gasteiger partial charge in [-0.2, -0.15) is 0 Å². The van der Waals surface area contributed by atoms with Crippen LogP contribution in [0.3, 0.4) is 0 Å². The van der Waals surface area contributed by atoms with Crippen molar-refractivity contribution in [2.45, 2.75) is 52.4 Å². The summed E-state index contributed by atoms with van der Waals surface area (Å²) >= 11 is 1.32. The zero-order chi connectivity index (χ0) is 19.7. The van der Waals surface area contributed by atoms with Crippen LogP contribution in [0.25, 0.3) is 6.08 Å². The van der Waals surface area contributed by atoms with E-state index in [1.165, 1.54) is 11.8 Å². The minimum atomic E-state index is -0.208. The largest absolute Gasteiger partial charge is 0.507 e. The lowest BCUT2D eigenvalue weighted by atomic mass is 9.78. The average Bonchev–Trinajstić information content (AvgIpc) is 2.84. The molecule has 1 aliphatic heterocycles. The zero-order valence-corrected chi connectivity index (χ0v) is 17.3. The summed E-state index contributed by atoms with van der Waals surface area (Å²) in [7, 11) is 0. The number of nitrogens with one attached hydrogen (secondary N) is 1. The molecule has 1 heterocycles. The molecule has 1 amide bonds. The van der Waals surface area contributed by atoms with Crippen molar-refractivity contribution in [1.29, 1.82) is 0 Å². The standard InChI is InChI=1S/C21H28N2O2S/c1-8-9-22-19-23-18(25)16(26-19)12-13-10-14(20(2,3)4)17(24)15(11-13)21(5,6)7/h8,10-12,24H,1,9H2,2-7H3,(H,22,23,25)/b16-12-. The number of carbonyl (C=O) groups excluding carboxylic acids is 1. The second kappa shape index (κ2) is 7.31. The van der Waals surface area contributed by atoms with Gasteiger partial charge >= 0.3 is 0 Å². The molecule has 0 spiro atoms. The maximum atomic E-state index is 12.2. The molecule has 0 bridgehead atoms. The fraction of sp³-hybridized carbons (Fsp3) is 0.429. The number of amidine groups is 1. The molecule has 4 nitrogen and oxygen atoms in total. The molecule has 0 atom stereocenters. The summed E-state index contributed by atoms with van der Waals surface area (Å²) in [6, 6.07) is 3.93. The lowest BCUT2D eigenvalue weighted by Crippen LogP contribution is -2.20. The van der Waals surface area contributed by atoms with Crippen molar-refractivity contribution < 1.29 is 9.90 Å². The van der Waals surface area contributed by atoms with Crippen LogP contribution in [0.1, 0.15) is 58.2 Å². The molecule has 1 aromatic carbocycles. The van der Waals surface area contributed by atoms with Crippen molar-refractivity contribution in [2.75, 3.05) is 6.54 Å². The van der Waals surface area contributed by atoms with E-state index in [2.05, 4.69) is 58.4 Å². The molecule has 0 unspecified atom stereocenters. The van der Waals surface area contributed by atoms with E-state index < -0.39 is 0 Å². The summed E-state index contributed by atoms with van der Waals surface area (Å²) in [5.74, 6) is 0.185. The quantitative estimate of drug-likeness (QED) is 0.595. The van der Waals surface area contributed by atoms with Crippen LogP contribution in [-0.2, 0) is 15.6 Å². The summed E-state index contributed by atoms with van der Waals surface area (Å²) in [5.41, 5.74) is 2.24. The highest BCUT2D eigenvalue weighted by Gasteiger charge is 2.28. The first kappa shape index (κ1) is 20.3. The molecule has 0 radical (unpaired) electrons. The van der Waals surface area contributed by atoms with E-state index in [-0.39, 0.29) is 16.7 Å². The third kappa shape index (κ3) is 4.58. The van der Waals surface area contributed by atoms with E-state index in [4.69, 9.17) is 0 Å². The van der Waals surface area contributed by atoms with Crippen LogP contribution in [0.15, 0.2) is 34.7 Å². The number of hydrogen-bond acceptors (Lipinski definition) is 4. The molecule has 2 rings (SSSR count). The van der Waals surface area contributed by atoms with Crippen LogP contribution in [0.5, 0.6) is 5.75 Å². The third-order valence-corrected chi connectivity index (χ3v) is 5.01. The summed E-state index contributed by atoms with van der Waals surface area (Å²) in [6.07, 6.45) is 3.55. The number of benzene rings is 1. The smallest absolute Gasteiger partial charge is 0.264 e. The molecule has 1 fully saturated rings. The summed E-state index contributed by atoms with van der Waals surface area (Å²) in [6.45, 7) is 16.5. The number of nitrogens with zero attached hydrogens (tertiary/aromatic N) is 1. The monoisotopic (exact) mass is 372 g/mol. The first-order valence-electron chi connectivity index (χ1n) is 8.67. The van der Waals surface area contributed by atoms with Gasteiger partial charge in [-0.3, -0.25) is 9.79 Å². The fourth-order valence-corrected chi connectivity index (χ4v) is 3.51. The van der Waals surface area contributed by atoms with Gasteiger partial charge in [0, 0.05) is 11.1 Å². The van der Waals surface area contributed by atoms with E-state index in [1.807, 2.05) is 18.2 Å². The van der Waals surface area contributed by atoms with Gasteiger partial charge in [0.05, 0.1) is 11.4 Å². The van der Waals surface area contributed by atoms with Gasteiger partial charge in [0.2, 0.25) is 0 Å². The number of thioether (sulfide) groups is 1. The van der Waals surface area contributed by atoms with Crippen LogP contribution in [0, 0.1) is 0 Å². The van der Waals surface area contributed by atoms with Crippen molar-refractivity contribution >= 4 is 28.9 Å². The van der Waals surface area contributed by atoms with Gasteiger partial charge in [0.15, 0.2) is 5.17 Å². The van der Waals surface area contributed by atoms with Crippen LogP contribution >= 0.6 is 11.8 Å². The average molecular weight is 373 g/mol. The summed E-state index contributed by atoms with van der Waals surface area (Å²) in [5, 5.41) is 14.2. The third-order valence-electron chi connectivity index (χ3n) is 4.06. The fourth-order valence-electron chi connectivity index (χ4n) is 2.68. The number of rotatable bonds is 3. The summed E-state index contributed by atoms with van der Waals surface area (Å²) < 4.78 is 0. The van der Waals surface area contributed by atoms with Crippen molar-refractivity contribution in [3.8, 4) is 5.75 Å². The van der Waals surface area contributed by atoms with Gasteiger partial charge in [-0.15, -0.1) is 6.58 Å². The minimum absolute atomic E-state index is 0.152. The van der Waals surface area contributed by atoms with Crippen LogP contribution in [0.4, 0.5) is 0 Å². The van der Waals surface area contributed by atoms with Gasteiger partial charge in [0.25, 0.3) is 5.91 Å². The molecular weight excluding hydrogens is 344 g/mol. The van der Waals surface area contributed by atoms with Gasteiger partial charge in [-0.1, -0.05) is 47.6 Å². The maximum Gasteiger partial charge on any atom is 0.264 e. The van der Waals surface area contributed by atoms with Gasteiger partial charge in [0.1, 0.15) is 5.75 Å². The first-order valence-corrected chi connectivity index (χ1v) is 9.49. The van der Waals surface area contributed by atoms with Crippen LogP contribution in [0.2, 0.25) is 0 Å². The Morgan fingerprint density at radius 2 is 1.69 bits per heavy atom. The molecule has 0 aliphatic carbocycles. The Morgan fingerprint density at radius 3 is 2.15 bits per heavy atom. The Hall–Kier alpha value is -2.01. The number of phenols is 1. The summed E-state index contributed by atoms with van der Waals surface area (Å²) in [4.78, 5) is 17.1. The Balaban J connectivity index is 2.53. The number of aliphatic imine (C=N–C) groups is 1. The maximum absolute atomic E-state index is 12.2. The lowest BCUT2D eigenvalue weighted by molar-refractivity contribution is -0.115. The number of aromatic hydroxyl groups is 1. The highest BCUT2D eigenvalue weighted by molar-refractivity contribution is 8.18. The van der Waals surface area contributed by atoms with Gasteiger partial charge in [-0.05, 0) is 46.4 Å². The Labute approximate surface area is 160 Å². The zero-order valence-electron chi connectivity index (χ0n) is 16.4. The van der Waals surface area contributed by atoms with Crippen LogP contribution < -0.4 is 5.32 Å². The molecular formula is C21H28N2O2S. The number of hydrogen-bond donors (Lipinski definition) is 2. The Bertz CT molecular complexity index is 758. The Kier molecular flexibility index (Phi) is 5.71. The van der Waals surface area contributed by atoms with E-state index in [1.54, 1.807) is 6.08 Å². The molecule has 2 N–H and O–H groups in total. The second-order valence-electron chi connectivity index (χ2n) is 8.46. The topological polar surface area (TPSA) is 61.7 Å². The Morgan fingerprint density at radius 1 is 1.15 bits per heavy atom. The predicted molar refractivity (Wildman–Crippen MR) is 112 cm³/mol. The first-order chi connectivity index (χ1) is 11.9. The molecule has 0 saturated carbocycles. The second-order valence-corrected chi connectivity index (χ2v) is 9.49. The molecule has 5 heteroatoms. The van der Waals surface area contributed by atoms with Crippen molar-refractivity contribution in [2.24, 2.45) is 4.99 Å². The van der Waals surface area contributed by atoms with E-state index in [0.717, 1.165) is 16.7 Å². The highest BCUT2D eigenvalue weighted by atomic mass is 32.2. The SMILES string of the molecule is C=CCN=C1NC(=O)/C(=C/c2cc(C(C)(C)C)c(O)c(C(C)(C)C)c2)S1. The van der Waals surface area contributed by atoms with Crippen LogP contribution in [-0.4, -0.2) is 22.7 Å². The lowest BCUT2D eigenvalue weighted by Gasteiger charge is -2.28. The van der Waals surface area contributed by atoms with E-state index in [9.17, 15) is 9.90 Å². The van der Waals surface area contributed by atoms with Gasteiger partial charge in [-0.25, -0.2) is 0 Å². The highest BCUT2D eigenvalue weighted by Crippen LogP contribution is 2.40. The number of amides is 1. The van der Waals surface area contributed by atoms with Crippen molar-refractivity contribution in [3.05, 3.63) is 46.4 Å². The predicted octanol–water partition coefficient (Wildman–Crippen LogP) is 4.73. The molecule has 26 heavy (non-hydrogen) atoms. The normalized spacial score (nSPS) is 18.5. The van der Waals surface area contributed by atoms with E-state index in [0.29, 0.717) is 22.4 Å². The molecule has 1 saturated heterocycles. The number of carbonyl (C=O) groups is 1. The minimum Gasteiger partial charge on any atom is -0.507 e.